The van der Waals surface area contributed by atoms with E-state index in [0.717, 1.165) is 22.8 Å². The van der Waals surface area contributed by atoms with E-state index in [2.05, 4.69) is 5.16 Å². The molecule has 2 aromatic rings. The van der Waals surface area contributed by atoms with Gasteiger partial charge in [0.1, 0.15) is 11.5 Å². The molecule has 0 unspecified atom stereocenters. The van der Waals surface area contributed by atoms with Crippen LogP contribution in [0.3, 0.4) is 0 Å². The molecule has 1 aromatic heterocycles. The standard InChI is InChI=1S/C12H13NO3/c1-8-6-12(16-13-8)10-7-9(14-2)4-5-11(10)15-3/h4-7H,1-3H3. The zero-order valence-corrected chi connectivity index (χ0v) is 9.48. The predicted octanol–water partition coefficient (Wildman–Crippen LogP) is 2.67. The first-order valence-corrected chi connectivity index (χ1v) is 4.90. The van der Waals surface area contributed by atoms with Crippen LogP contribution in [0.4, 0.5) is 0 Å². The van der Waals surface area contributed by atoms with Crippen LogP contribution in [0.1, 0.15) is 5.69 Å². The van der Waals surface area contributed by atoms with Gasteiger partial charge < -0.3 is 14.0 Å². The van der Waals surface area contributed by atoms with Gasteiger partial charge in [-0.1, -0.05) is 5.16 Å². The lowest BCUT2D eigenvalue weighted by molar-refractivity contribution is 0.397. The molecule has 0 radical (unpaired) electrons. The first-order chi connectivity index (χ1) is 7.74. The average molecular weight is 219 g/mol. The number of hydrogen-bond acceptors (Lipinski definition) is 4. The Balaban J connectivity index is 2.52. The van der Waals surface area contributed by atoms with Crippen LogP contribution in [0.5, 0.6) is 11.5 Å². The zero-order chi connectivity index (χ0) is 11.5. The fraction of sp³-hybridized carbons (Fsp3) is 0.250. The summed E-state index contributed by atoms with van der Waals surface area (Å²) < 4.78 is 15.6. The van der Waals surface area contributed by atoms with E-state index in [1.54, 1.807) is 14.2 Å². The third-order valence-electron chi connectivity index (χ3n) is 2.30. The van der Waals surface area contributed by atoms with Gasteiger partial charge in [0, 0.05) is 6.07 Å². The minimum absolute atomic E-state index is 0.674. The van der Waals surface area contributed by atoms with Gasteiger partial charge in [-0.15, -0.1) is 0 Å². The highest BCUT2D eigenvalue weighted by atomic mass is 16.5. The maximum Gasteiger partial charge on any atom is 0.170 e. The number of hydrogen-bond donors (Lipinski definition) is 0. The SMILES string of the molecule is COc1ccc(OC)c(-c2cc(C)no2)c1. The summed E-state index contributed by atoms with van der Waals surface area (Å²) in [6, 6.07) is 7.40. The van der Waals surface area contributed by atoms with E-state index in [1.807, 2.05) is 31.2 Å². The van der Waals surface area contributed by atoms with Gasteiger partial charge in [0.05, 0.1) is 25.5 Å². The Morgan fingerprint density at radius 2 is 1.94 bits per heavy atom. The number of rotatable bonds is 3. The molecule has 0 aliphatic heterocycles. The molecule has 16 heavy (non-hydrogen) atoms. The van der Waals surface area contributed by atoms with E-state index < -0.39 is 0 Å². The maximum absolute atomic E-state index is 5.27. The molecule has 0 saturated heterocycles. The van der Waals surface area contributed by atoms with Crippen LogP contribution >= 0.6 is 0 Å². The first kappa shape index (κ1) is 10.5. The normalized spacial score (nSPS) is 10.2. The molecule has 4 heteroatoms. The van der Waals surface area contributed by atoms with Gasteiger partial charge in [-0.25, -0.2) is 0 Å². The lowest BCUT2D eigenvalue weighted by Crippen LogP contribution is -1.89. The quantitative estimate of drug-likeness (QED) is 0.796. The van der Waals surface area contributed by atoms with Gasteiger partial charge in [-0.2, -0.15) is 0 Å². The van der Waals surface area contributed by atoms with Crippen molar-refractivity contribution < 1.29 is 14.0 Å². The Morgan fingerprint density at radius 3 is 2.50 bits per heavy atom. The summed E-state index contributed by atoms with van der Waals surface area (Å²) in [4.78, 5) is 0. The van der Waals surface area contributed by atoms with E-state index in [0.29, 0.717) is 5.76 Å². The molecular weight excluding hydrogens is 206 g/mol. The highest BCUT2D eigenvalue weighted by molar-refractivity contribution is 5.67. The Morgan fingerprint density at radius 1 is 1.12 bits per heavy atom. The van der Waals surface area contributed by atoms with Crippen molar-refractivity contribution in [2.45, 2.75) is 6.92 Å². The lowest BCUT2D eigenvalue weighted by atomic mass is 10.1. The molecule has 2 rings (SSSR count). The molecule has 4 nitrogen and oxygen atoms in total. The Hall–Kier alpha value is -1.97. The first-order valence-electron chi connectivity index (χ1n) is 4.90. The van der Waals surface area contributed by atoms with Crippen LogP contribution in [0, 0.1) is 6.92 Å². The van der Waals surface area contributed by atoms with Crippen LogP contribution in [-0.2, 0) is 0 Å². The monoisotopic (exact) mass is 219 g/mol. The molecule has 0 spiro atoms. The smallest absolute Gasteiger partial charge is 0.170 e. The zero-order valence-electron chi connectivity index (χ0n) is 9.48. The molecular formula is C12H13NO3. The number of ether oxygens (including phenoxy) is 2. The number of nitrogens with zero attached hydrogens (tertiary/aromatic N) is 1. The van der Waals surface area contributed by atoms with Crippen molar-refractivity contribution in [3.63, 3.8) is 0 Å². The number of aromatic nitrogens is 1. The highest BCUT2D eigenvalue weighted by Gasteiger charge is 2.11. The summed E-state index contributed by atoms with van der Waals surface area (Å²) in [5, 5.41) is 3.85. The summed E-state index contributed by atoms with van der Waals surface area (Å²) in [7, 11) is 3.24. The molecule has 0 N–H and O–H groups in total. The summed E-state index contributed by atoms with van der Waals surface area (Å²) >= 11 is 0. The van der Waals surface area contributed by atoms with Crippen LogP contribution in [0.25, 0.3) is 11.3 Å². The second kappa shape index (κ2) is 4.26. The number of methoxy groups -OCH3 is 2. The van der Waals surface area contributed by atoms with Crippen molar-refractivity contribution in [1.82, 2.24) is 5.16 Å². The Kier molecular flexibility index (Phi) is 2.81. The predicted molar refractivity (Wildman–Crippen MR) is 59.8 cm³/mol. The van der Waals surface area contributed by atoms with Crippen molar-refractivity contribution >= 4 is 0 Å². The molecule has 0 aliphatic rings. The van der Waals surface area contributed by atoms with Gasteiger partial charge in [0.15, 0.2) is 5.76 Å². The molecule has 0 atom stereocenters. The second-order valence-corrected chi connectivity index (χ2v) is 3.40. The molecule has 0 saturated carbocycles. The van der Waals surface area contributed by atoms with Gasteiger partial charge in [-0.05, 0) is 25.1 Å². The molecule has 1 aromatic carbocycles. The van der Waals surface area contributed by atoms with Crippen molar-refractivity contribution in [2.75, 3.05) is 14.2 Å². The topological polar surface area (TPSA) is 44.5 Å². The van der Waals surface area contributed by atoms with E-state index in [9.17, 15) is 0 Å². The van der Waals surface area contributed by atoms with E-state index >= 15 is 0 Å². The van der Waals surface area contributed by atoms with Crippen LogP contribution in [0.2, 0.25) is 0 Å². The average Bonchev–Trinajstić information content (AvgIpc) is 2.75. The van der Waals surface area contributed by atoms with Gasteiger partial charge >= 0.3 is 0 Å². The van der Waals surface area contributed by atoms with Crippen molar-refractivity contribution in [3.05, 3.63) is 30.0 Å². The molecule has 0 amide bonds. The minimum Gasteiger partial charge on any atom is -0.497 e. The van der Waals surface area contributed by atoms with Crippen LogP contribution < -0.4 is 9.47 Å². The summed E-state index contributed by atoms with van der Waals surface area (Å²) in [5.74, 6) is 2.16. The van der Waals surface area contributed by atoms with Gasteiger partial charge in [-0.3, -0.25) is 0 Å². The van der Waals surface area contributed by atoms with E-state index in [1.165, 1.54) is 0 Å². The molecule has 1 heterocycles. The van der Waals surface area contributed by atoms with Crippen molar-refractivity contribution in [3.8, 4) is 22.8 Å². The Bertz CT molecular complexity index is 491. The third kappa shape index (κ3) is 1.86. The highest BCUT2D eigenvalue weighted by Crippen LogP contribution is 2.33. The Labute approximate surface area is 93.8 Å². The second-order valence-electron chi connectivity index (χ2n) is 3.40. The van der Waals surface area contributed by atoms with E-state index in [-0.39, 0.29) is 0 Å². The van der Waals surface area contributed by atoms with E-state index in [4.69, 9.17) is 14.0 Å². The fourth-order valence-corrected chi connectivity index (χ4v) is 1.50. The summed E-state index contributed by atoms with van der Waals surface area (Å²) in [6.45, 7) is 1.87. The molecule has 0 aliphatic carbocycles. The molecule has 84 valence electrons. The lowest BCUT2D eigenvalue weighted by Gasteiger charge is -2.07. The fourth-order valence-electron chi connectivity index (χ4n) is 1.50. The maximum atomic E-state index is 5.27. The number of benzene rings is 1. The van der Waals surface area contributed by atoms with Gasteiger partial charge in [0.25, 0.3) is 0 Å². The molecule has 0 fully saturated rings. The third-order valence-corrected chi connectivity index (χ3v) is 2.30. The number of aryl methyl sites for hydroxylation is 1. The van der Waals surface area contributed by atoms with Crippen LogP contribution in [0.15, 0.2) is 28.8 Å². The van der Waals surface area contributed by atoms with Crippen molar-refractivity contribution in [1.29, 1.82) is 0 Å². The summed E-state index contributed by atoms with van der Waals surface area (Å²) in [5.41, 5.74) is 1.67. The van der Waals surface area contributed by atoms with Gasteiger partial charge in [0.2, 0.25) is 0 Å². The van der Waals surface area contributed by atoms with Crippen LogP contribution in [-0.4, -0.2) is 19.4 Å². The summed E-state index contributed by atoms with van der Waals surface area (Å²) in [6.07, 6.45) is 0. The van der Waals surface area contributed by atoms with Crippen molar-refractivity contribution in [2.24, 2.45) is 0 Å². The molecule has 0 bridgehead atoms. The largest absolute Gasteiger partial charge is 0.497 e. The minimum atomic E-state index is 0.674.